The Balaban J connectivity index is 3.02. The molecular weight excluding hydrogens is 144 g/mol. The minimum Gasteiger partial charge on any atom is -0.481 e. The van der Waals surface area contributed by atoms with E-state index in [0.29, 0.717) is 6.42 Å². The molecule has 0 unspecified atom stereocenters. The molecule has 3 nitrogen and oxygen atoms in total. The van der Waals surface area contributed by atoms with E-state index in [1.54, 1.807) is 6.08 Å². The summed E-state index contributed by atoms with van der Waals surface area (Å²) in [6.45, 7) is 0.0684. The highest BCUT2D eigenvalue weighted by Crippen LogP contribution is 1.99. The number of hydrogen-bond donors (Lipinski definition) is 2. The Morgan fingerprint density at radius 1 is 1.27 bits per heavy atom. The monoisotopic (exact) mass is 158 g/mol. The minimum absolute atomic E-state index is 0.0684. The second-order valence-electron chi connectivity index (χ2n) is 2.29. The van der Waals surface area contributed by atoms with Crippen molar-refractivity contribution < 1.29 is 15.0 Å². The molecule has 0 saturated carbocycles. The fraction of sp³-hybridized carbons (Fsp3) is 0.625. The molecule has 0 aromatic rings. The maximum Gasteiger partial charge on any atom is 0.303 e. The molecular formula is C8H14O3. The van der Waals surface area contributed by atoms with Gasteiger partial charge >= 0.3 is 5.97 Å². The number of carboxylic acids is 1. The van der Waals surface area contributed by atoms with Crippen LogP contribution in [-0.2, 0) is 4.79 Å². The van der Waals surface area contributed by atoms with Crippen LogP contribution in [-0.4, -0.2) is 22.8 Å². The number of carboxylic acid groups (broad SMARTS) is 1. The summed E-state index contributed by atoms with van der Waals surface area (Å²) in [5, 5.41) is 16.6. The molecule has 0 aliphatic rings. The fourth-order valence-electron chi connectivity index (χ4n) is 0.731. The molecule has 0 rings (SSSR count). The van der Waals surface area contributed by atoms with Gasteiger partial charge < -0.3 is 10.2 Å². The molecule has 0 aliphatic heterocycles. The number of aliphatic hydroxyl groups excluding tert-OH is 1. The maximum absolute atomic E-state index is 10.0. The lowest BCUT2D eigenvalue weighted by molar-refractivity contribution is -0.137. The summed E-state index contributed by atoms with van der Waals surface area (Å²) < 4.78 is 0. The van der Waals surface area contributed by atoms with Crippen molar-refractivity contribution >= 4 is 5.97 Å². The Hall–Kier alpha value is -0.830. The highest BCUT2D eigenvalue weighted by atomic mass is 16.4. The van der Waals surface area contributed by atoms with E-state index >= 15 is 0 Å². The van der Waals surface area contributed by atoms with E-state index in [9.17, 15) is 4.79 Å². The summed E-state index contributed by atoms with van der Waals surface area (Å²) in [6.07, 6.45) is 6.22. The SMILES string of the molecule is O=C(O)CCCC/C=C\CO. The van der Waals surface area contributed by atoms with Crippen LogP contribution in [0.4, 0.5) is 0 Å². The smallest absolute Gasteiger partial charge is 0.303 e. The first-order chi connectivity index (χ1) is 5.27. The fourth-order valence-corrected chi connectivity index (χ4v) is 0.731. The first-order valence-electron chi connectivity index (χ1n) is 3.75. The van der Waals surface area contributed by atoms with E-state index in [0.717, 1.165) is 12.8 Å². The molecule has 11 heavy (non-hydrogen) atoms. The van der Waals surface area contributed by atoms with Gasteiger partial charge in [-0.2, -0.15) is 0 Å². The van der Waals surface area contributed by atoms with Gasteiger partial charge in [0.2, 0.25) is 0 Å². The van der Waals surface area contributed by atoms with E-state index in [2.05, 4.69) is 0 Å². The van der Waals surface area contributed by atoms with Gasteiger partial charge in [-0.3, -0.25) is 4.79 Å². The molecule has 2 N–H and O–H groups in total. The van der Waals surface area contributed by atoms with E-state index < -0.39 is 5.97 Å². The summed E-state index contributed by atoms with van der Waals surface area (Å²) in [7, 11) is 0. The van der Waals surface area contributed by atoms with E-state index in [-0.39, 0.29) is 13.0 Å². The molecule has 64 valence electrons. The molecule has 0 heterocycles. The standard InChI is InChI=1S/C8H14O3/c9-7-5-3-1-2-4-6-8(10)11/h3,5,9H,1-2,4,6-7H2,(H,10,11)/b5-3-. The van der Waals surface area contributed by atoms with Crippen molar-refractivity contribution in [2.24, 2.45) is 0 Å². The topological polar surface area (TPSA) is 57.5 Å². The molecule has 0 spiro atoms. The molecule has 0 bridgehead atoms. The maximum atomic E-state index is 10.0. The summed E-state index contributed by atoms with van der Waals surface area (Å²) in [5.74, 6) is -0.740. The Morgan fingerprint density at radius 3 is 2.55 bits per heavy atom. The van der Waals surface area contributed by atoms with Crippen molar-refractivity contribution in [1.82, 2.24) is 0 Å². The third-order valence-electron chi connectivity index (χ3n) is 1.28. The second kappa shape index (κ2) is 7.28. The highest BCUT2D eigenvalue weighted by Gasteiger charge is 1.93. The van der Waals surface area contributed by atoms with Crippen LogP contribution >= 0.6 is 0 Å². The van der Waals surface area contributed by atoms with Gasteiger partial charge in [0.15, 0.2) is 0 Å². The normalized spacial score (nSPS) is 10.6. The van der Waals surface area contributed by atoms with Crippen LogP contribution in [0, 0.1) is 0 Å². The van der Waals surface area contributed by atoms with Gasteiger partial charge in [0.05, 0.1) is 6.61 Å². The van der Waals surface area contributed by atoms with Crippen molar-refractivity contribution in [1.29, 1.82) is 0 Å². The molecule has 0 radical (unpaired) electrons. The Labute approximate surface area is 66.4 Å². The van der Waals surface area contributed by atoms with Crippen LogP contribution in [0.2, 0.25) is 0 Å². The Bertz CT molecular complexity index is 129. The van der Waals surface area contributed by atoms with Crippen molar-refractivity contribution in [3.8, 4) is 0 Å². The van der Waals surface area contributed by atoms with E-state index in [4.69, 9.17) is 10.2 Å². The third-order valence-corrected chi connectivity index (χ3v) is 1.28. The van der Waals surface area contributed by atoms with Crippen LogP contribution in [0.25, 0.3) is 0 Å². The third kappa shape index (κ3) is 9.17. The Morgan fingerprint density at radius 2 is 2.00 bits per heavy atom. The molecule has 0 aliphatic carbocycles. The van der Waals surface area contributed by atoms with Crippen molar-refractivity contribution in [3.05, 3.63) is 12.2 Å². The van der Waals surface area contributed by atoms with Crippen LogP contribution in [0.3, 0.4) is 0 Å². The number of unbranched alkanes of at least 4 members (excludes halogenated alkanes) is 2. The number of carbonyl (C=O) groups is 1. The average molecular weight is 158 g/mol. The summed E-state index contributed by atoms with van der Waals surface area (Å²) in [4.78, 5) is 10.0. The zero-order valence-electron chi connectivity index (χ0n) is 6.49. The molecule has 0 fully saturated rings. The van der Waals surface area contributed by atoms with Crippen LogP contribution in [0.5, 0.6) is 0 Å². The Kier molecular flexibility index (Phi) is 6.73. The average Bonchev–Trinajstić information content (AvgIpc) is 1.96. The lowest BCUT2D eigenvalue weighted by Crippen LogP contribution is -1.92. The first-order valence-corrected chi connectivity index (χ1v) is 3.75. The zero-order valence-corrected chi connectivity index (χ0v) is 6.49. The number of allylic oxidation sites excluding steroid dienone is 1. The van der Waals surface area contributed by atoms with Crippen molar-refractivity contribution in [3.63, 3.8) is 0 Å². The van der Waals surface area contributed by atoms with Crippen LogP contribution < -0.4 is 0 Å². The van der Waals surface area contributed by atoms with Crippen molar-refractivity contribution in [2.75, 3.05) is 6.61 Å². The van der Waals surface area contributed by atoms with Gasteiger partial charge in [-0.15, -0.1) is 0 Å². The largest absolute Gasteiger partial charge is 0.481 e. The summed E-state index contributed by atoms with van der Waals surface area (Å²) in [6, 6.07) is 0. The molecule has 0 atom stereocenters. The first kappa shape index (κ1) is 10.2. The van der Waals surface area contributed by atoms with E-state index in [1.165, 1.54) is 0 Å². The molecule has 0 aromatic carbocycles. The zero-order chi connectivity index (χ0) is 8.53. The minimum atomic E-state index is -0.740. The molecule has 0 amide bonds. The van der Waals surface area contributed by atoms with Gasteiger partial charge in [0.1, 0.15) is 0 Å². The number of hydrogen-bond acceptors (Lipinski definition) is 2. The second-order valence-corrected chi connectivity index (χ2v) is 2.29. The summed E-state index contributed by atoms with van der Waals surface area (Å²) in [5.41, 5.74) is 0. The number of rotatable bonds is 6. The van der Waals surface area contributed by atoms with Gasteiger partial charge in [-0.25, -0.2) is 0 Å². The van der Waals surface area contributed by atoms with Crippen LogP contribution in [0.1, 0.15) is 25.7 Å². The summed E-state index contributed by atoms with van der Waals surface area (Å²) >= 11 is 0. The van der Waals surface area contributed by atoms with E-state index in [1.807, 2.05) is 6.08 Å². The number of aliphatic hydroxyl groups is 1. The molecule has 0 saturated heterocycles. The number of aliphatic carboxylic acids is 1. The highest BCUT2D eigenvalue weighted by molar-refractivity contribution is 5.66. The lowest BCUT2D eigenvalue weighted by atomic mass is 10.2. The predicted molar refractivity (Wildman–Crippen MR) is 42.3 cm³/mol. The molecule has 3 heteroatoms. The van der Waals surface area contributed by atoms with Gasteiger partial charge in [0.25, 0.3) is 0 Å². The van der Waals surface area contributed by atoms with Gasteiger partial charge in [-0.05, 0) is 19.3 Å². The molecule has 0 aromatic heterocycles. The van der Waals surface area contributed by atoms with Gasteiger partial charge in [0, 0.05) is 6.42 Å². The van der Waals surface area contributed by atoms with Gasteiger partial charge in [-0.1, -0.05) is 12.2 Å². The van der Waals surface area contributed by atoms with Crippen LogP contribution in [0.15, 0.2) is 12.2 Å². The van der Waals surface area contributed by atoms with Crippen molar-refractivity contribution in [2.45, 2.75) is 25.7 Å². The predicted octanol–water partition coefficient (Wildman–Crippen LogP) is 1.18. The quantitative estimate of drug-likeness (QED) is 0.450. The lowest BCUT2D eigenvalue weighted by Gasteiger charge is -1.92.